The number of hydrogen-bond acceptors (Lipinski definition) is 6. The Morgan fingerprint density at radius 3 is 2.44 bits per heavy atom. The summed E-state index contributed by atoms with van der Waals surface area (Å²) >= 11 is 6.20. The Balaban J connectivity index is 1.58. The highest BCUT2D eigenvalue weighted by atomic mass is 35.5. The first-order valence-corrected chi connectivity index (χ1v) is 12.0. The maximum Gasteiger partial charge on any atom is 0.433 e. The molecular formula is C20H18ClF3N4O3S. The van der Waals surface area contributed by atoms with Crippen LogP contribution in [0.2, 0.25) is 5.02 Å². The van der Waals surface area contributed by atoms with E-state index in [0.29, 0.717) is 24.3 Å². The van der Waals surface area contributed by atoms with Crippen LogP contribution in [0.15, 0.2) is 41.2 Å². The van der Waals surface area contributed by atoms with Gasteiger partial charge in [0.15, 0.2) is 5.65 Å². The monoisotopic (exact) mass is 486 g/mol. The lowest BCUT2D eigenvalue weighted by Crippen LogP contribution is -2.58. The predicted octanol–water partition coefficient (Wildman–Crippen LogP) is 4.78. The number of nitrogens with one attached hydrogen (secondary N) is 1. The van der Waals surface area contributed by atoms with Gasteiger partial charge >= 0.3 is 11.9 Å². The summed E-state index contributed by atoms with van der Waals surface area (Å²) in [5.41, 5.74) is -2.10. The van der Waals surface area contributed by atoms with Gasteiger partial charge in [-0.15, -0.1) is 0 Å². The van der Waals surface area contributed by atoms with Crippen LogP contribution in [0.25, 0.3) is 16.7 Å². The number of hydrogen-bond donors (Lipinski definition) is 3. The molecule has 3 N–H and O–H groups in total. The van der Waals surface area contributed by atoms with Crippen molar-refractivity contribution in [2.45, 2.75) is 25.1 Å². The van der Waals surface area contributed by atoms with Gasteiger partial charge in [0.05, 0.1) is 16.1 Å². The summed E-state index contributed by atoms with van der Waals surface area (Å²) in [5.74, 6) is 0.855. The Labute approximate surface area is 186 Å². The third kappa shape index (κ3) is 3.62. The van der Waals surface area contributed by atoms with E-state index in [9.17, 15) is 27.1 Å². The minimum atomic E-state index is -4.69. The van der Waals surface area contributed by atoms with Gasteiger partial charge in [0.1, 0.15) is 11.5 Å². The average Bonchev–Trinajstić information content (AvgIpc) is 2.65. The van der Waals surface area contributed by atoms with Crippen molar-refractivity contribution >= 4 is 39.0 Å². The summed E-state index contributed by atoms with van der Waals surface area (Å²) in [4.78, 5) is 20.7. The molecule has 12 heteroatoms. The summed E-state index contributed by atoms with van der Waals surface area (Å²) in [6, 6.07) is 8.27. The van der Waals surface area contributed by atoms with Gasteiger partial charge in [-0.25, -0.2) is 14.3 Å². The second-order valence-corrected chi connectivity index (χ2v) is 11.0. The van der Waals surface area contributed by atoms with Gasteiger partial charge in [0, 0.05) is 23.0 Å². The van der Waals surface area contributed by atoms with Crippen LogP contribution in [0.1, 0.15) is 18.5 Å². The van der Waals surface area contributed by atoms with Gasteiger partial charge in [-0.1, -0.05) is 23.7 Å². The molecule has 1 saturated carbocycles. The quantitative estimate of drug-likeness (QED) is 0.492. The van der Waals surface area contributed by atoms with Crippen molar-refractivity contribution in [1.29, 1.82) is 0 Å². The number of benzene rings is 1. The lowest BCUT2D eigenvalue weighted by molar-refractivity contribution is -0.141. The van der Waals surface area contributed by atoms with Crippen molar-refractivity contribution in [2.24, 2.45) is 5.41 Å². The van der Waals surface area contributed by atoms with Crippen LogP contribution in [0.3, 0.4) is 0 Å². The fraction of sp³-hybridized carbons (Fsp3) is 0.350. The average molecular weight is 487 g/mol. The van der Waals surface area contributed by atoms with Crippen LogP contribution < -0.4 is 11.0 Å². The molecule has 2 aliphatic rings. The lowest BCUT2D eigenvalue weighted by atomic mass is 9.67. The molecule has 3 heterocycles. The lowest BCUT2D eigenvalue weighted by Gasteiger charge is -2.63. The molecule has 2 aromatic heterocycles. The van der Waals surface area contributed by atoms with Gasteiger partial charge in [-0.05, 0) is 37.1 Å². The number of pyridine rings is 1. The van der Waals surface area contributed by atoms with Crippen LogP contribution in [0.4, 0.5) is 19.0 Å². The fourth-order valence-electron chi connectivity index (χ4n) is 4.67. The Kier molecular flexibility index (Phi) is 4.76. The second kappa shape index (κ2) is 7.08. The SMILES string of the molecule is O=c1nc(NC2CC3(C2)CS(O)(O)C3)c2ccc(C(F)(F)F)nc2n1-c1ccccc1Cl. The predicted molar refractivity (Wildman–Crippen MR) is 117 cm³/mol. The van der Waals surface area contributed by atoms with Crippen molar-refractivity contribution in [3.63, 3.8) is 0 Å². The summed E-state index contributed by atoms with van der Waals surface area (Å²) in [6.45, 7) is 0. The molecule has 0 radical (unpaired) electrons. The maximum absolute atomic E-state index is 13.4. The number of fused-ring (bicyclic) bond motifs is 1. The van der Waals surface area contributed by atoms with Crippen molar-refractivity contribution in [2.75, 3.05) is 16.8 Å². The van der Waals surface area contributed by atoms with Crippen LogP contribution in [-0.2, 0) is 6.18 Å². The smallest absolute Gasteiger partial charge is 0.367 e. The molecule has 0 bridgehead atoms. The molecule has 32 heavy (non-hydrogen) atoms. The van der Waals surface area contributed by atoms with Crippen molar-refractivity contribution in [3.8, 4) is 5.69 Å². The Morgan fingerprint density at radius 2 is 1.81 bits per heavy atom. The Hall–Kier alpha value is -2.34. The normalized spacial score (nSPS) is 20.6. The number of rotatable bonds is 3. The molecule has 2 fully saturated rings. The molecule has 3 aromatic rings. The minimum absolute atomic E-state index is 0.0842. The third-order valence-electron chi connectivity index (χ3n) is 5.90. The van der Waals surface area contributed by atoms with Gasteiger partial charge in [0.2, 0.25) is 0 Å². The fourth-order valence-corrected chi connectivity index (χ4v) is 7.24. The van der Waals surface area contributed by atoms with Crippen molar-refractivity contribution in [3.05, 3.63) is 57.6 Å². The van der Waals surface area contributed by atoms with E-state index in [0.717, 1.165) is 10.6 Å². The summed E-state index contributed by atoms with van der Waals surface area (Å²) in [5, 5.41) is 3.55. The summed E-state index contributed by atoms with van der Waals surface area (Å²) in [6.07, 6.45) is -3.37. The van der Waals surface area contributed by atoms with Crippen LogP contribution in [0, 0.1) is 5.41 Å². The molecule has 1 aliphatic carbocycles. The Morgan fingerprint density at radius 1 is 1.12 bits per heavy atom. The van der Waals surface area contributed by atoms with E-state index in [4.69, 9.17) is 11.6 Å². The first-order valence-electron chi connectivity index (χ1n) is 9.73. The molecule has 1 aliphatic heterocycles. The largest absolute Gasteiger partial charge is 0.433 e. The second-order valence-electron chi connectivity index (χ2n) is 8.44. The molecule has 170 valence electrons. The molecular weight excluding hydrogens is 469 g/mol. The van der Waals surface area contributed by atoms with Crippen LogP contribution in [0.5, 0.6) is 0 Å². The summed E-state index contributed by atoms with van der Waals surface area (Å²) in [7, 11) is -2.47. The topological polar surface area (TPSA) is 100 Å². The van der Waals surface area contributed by atoms with E-state index in [1.807, 2.05) is 0 Å². The van der Waals surface area contributed by atoms with E-state index in [-0.39, 0.29) is 39.0 Å². The zero-order valence-electron chi connectivity index (χ0n) is 16.4. The van der Waals surface area contributed by atoms with Gasteiger partial charge in [-0.3, -0.25) is 9.11 Å². The van der Waals surface area contributed by atoms with E-state index in [2.05, 4.69) is 15.3 Å². The highest BCUT2D eigenvalue weighted by Gasteiger charge is 2.56. The first kappa shape index (κ1) is 21.5. The molecule has 1 saturated heterocycles. The van der Waals surface area contributed by atoms with Gasteiger partial charge < -0.3 is 5.32 Å². The molecule has 1 spiro atoms. The van der Waals surface area contributed by atoms with Crippen LogP contribution in [-0.4, -0.2) is 41.2 Å². The number of nitrogens with zero attached hydrogens (tertiary/aromatic N) is 3. The molecule has 1 aromatic carbocycles. The van der Waals surface area contributed by atoms with E-state index in [1.165, 1.54) is 18.2 Å². The molecule has 7 nitrogen and oxygen atoms in total. The van der Waals surface area contributed by atoms with Crippen LogP contribution >= 0.6 is 22.2 Å². The first-order chi connectivity index (χ1) is 15.0. The van der Waals surface area contributed by atoms with Gasteiger partial charge in [-0.2, -0.15) is 28.7 Å². The number of anilines is 1. The molecule has 0 atom stereocenters. The zero-order valence-corrected chi connectivity index (χ0v) is 18.0. The van der Waals surface area contributed by atoms with E-state index < -0.39 is 28.1 Å². The Bertz CT molecular complexity index is 1280. The standard InChI is InChI=1S/C20H18ClF3N4O3S/c21-13-3-1-2-4-14(13)28-17-12(5-6-15(26-17)20(22,23)24)16(27-18(28)29)25-11-7-19(8-11)9-32(30,31)10-19/h1-6,11,30-31H,7-10H2,(H,25,27,29). The summed E-state index contributed by atoms with van der Waals surface area (Å²) < 4.78 is 60.4. The molecule has 0 amide bonds. The zero-order chi connectivity index (χ0) is 22.9. The van der Waals surface area contributed by atoms with E-state index >= 15 is 0 Å². The highest BCUT2D eigenvalue weighted by Crippen LogP contribution is 2.66. The number of halogens is 4. The molecule has 5 rings (SSSR count). The van der Waals surface area contributed by atoms with Crippen molar-refractivity contribution < 1.29 is 22.3 Å². The number of alkyl halides is 3. The number of aromatic nitrogens is 3. The number of para-hydroxylation sites is 1. The molecule has 0 unspecified atom stereocenters. The highest BCUT2D eigenvalue weighted by molar-refractivity contribution is 8.25. The maximum atomic E-state index is 13.4. The third-order valence-corrected chi connectivity index (χ3v) is 8.37. The van der Waals surface area contributed by atoms with Gasteiger partial charge in [0.25, 0.3) is 0 Å². The minimum Gasteiger partial charge on any atom is -0.367 e. The van der Waals surface area contributed by atoms with Crippen molar-refractivity contribution in [1.82, 2.24) is 14.5 Å². The van der Waals surface area contributed by atoms with E-state index in [1.54, 1.807) is 12.1 Å².